The van der Waals surface area contributed by atoms with Crippen LogP contribution in [-0.4, -0.2) is 13.0 Å². The zero-order chi connectivity index (χ0) is 13.8. The summed E-state index contributed by atoms with van der Waals surface area (Å²) < 4.78 is 11.0. The first-order chi connectivity index (χ1) is 9.15. The number of benzene rings is 1. The number of ether oxygens (including phenoxy) is 1. The zero-order valence-electron chi connectivity index (χ0n) is 11.3. The van der Waals surface area contributed by atoms with Crippen LogP contribution < -0.4 is 10.1 Å². The van der Waals surface area contributed by atoms with E-state index in [2.05, 4.69) is 5.32 Å². The van der Waals surface area contributed by atoms with Crippen molar-refractivity contribution in [2.24, 2.45) is 0 Å². The summed E-state index contributed by atoms with van der Waals surface area (Å²) >= 11 is 0. The van der Waals surface area contributed by atoms with Gasteiger partial charge in [-0.05, 0) is 32.1 Å². The van der Waals surface area contributed by atoms with E-state index in [0.29, 0.717) is 17.1 Å². The van der Waals surface area contributed by atoms with Gasteiger partial charge in [-0.1, -0.05) is 18.2 Å². The predicted octanol–water partition coefficient (Wildman–Crippen LogP) is 3.19. The van der Waals surface area contributed by atoms with Crippen LogP contribution in [0.4, 0.5) is 0 Å². The molecule has 0 aliphatic carbocycles. The maximum absolute atomic E-state index is 11.5. The second kappa shape index (κ2) is 5.61. The summed E-state index contributed by atoms with van der Waals surface area (Å²) in [6, 6.07) is 7.42. The number of nitrogens with one attached hydrogen (secondary N) is 1. The van der Waals surface area contributed by atoms with Gasteiger partial charge in [0.25, 0.3) is 0 Å². The topological polar surface area (TPSA) is 51.5 Å². The van der Waals surface area contributed by atoms with E-state index >= 15 is 0 Å². The van der Waals surface area contributed by atoms with Gasteiger partial charge in [-0.25, -0.2) is 0 Å². The highest BCUT2D eigenvalue weighted by Crippen LogP contribution is 2.30. The largest absolute Gasteiger partial charge is 0.493 e. The average molecular weight is 259 g/mol. The van der Waals surface area contributed by atoms with Crippen molar-refractivity contribution in [3.63, 3.8) is 0 Å². The van der Waals surface area contributed by atoms with Crippen LogP contribution in [0.2, 0.25) is 0 Å². The SMILES string of the molecule is CC=CC(=O)NC(C)c1cc2cccc(OC)c2o1. The Hall–Kier alpha value is -2.23. The smallest absolute Gasteiger partial charge is 0.244 e. The second-order valence-corrected chi connectivity index (χ2v) is 4.26. The van der Waals surface area contributed by atoms with Crippen LogP contribution in [0.25, 0.3) is 11.0 Å². The Balaban J connectivity index is 2.28. The summed E-state index contributed by atoms with van der Waals surface area (Å²) in [5.74, 6) is 1.26. The maximum Gasteiger partial charge on any atom is 0.244 e. The summed E-state index contributed by atoms with van der Waals surface area (Å²) in [5.41, 5.74) is 0.701. The van der Waals surface area contributed by atoms with Gasteiger partial charge in [0.15, 0.2) is 11.3 Å². The molecule has 2 rings (SSSR count). The molecular weight excluding hydrogens is 242 g/mol. The number of furan rings is 1. The lowest BCUT2D eigenvalue weighted by molar-refractivity contribution is -0.117. The van der Waals surface area contributed by atoms with E-state index in [1.54, 1.807) is 20.1 Å². The standard InChI is InChI=1S/C15H17NO3/c1-4-6-14(17)16-10(2)13-9-11-7-5-8-12(18-3)15(11)19-13/h4-10H,1-3H3,(H,16,17). The lowest BCUT2D eigenvalue weighted by atomic mass is 10.2. The number of hydrogen-bond donors (Lipinski definition) is 1. The van der Waals surface area contributed by atoms with Crippen LogP contribution in [0.1, 0.15) is 25.6 Å². The first-order valence-corrected chi connectivity index (χ1v) is 6.15. The van der Waals surface area contributed by atoms with E-state index in [-0.39, 0.29) is 11.9 Å². The number of para-hydroxylation sites is 1. The van der Waals surface area contributed by atoms with Gasteiger partial charge in [0, 0.05) is 5.39 Å². The van der Waals surface area contributed by atoms with Crippen molar-refractivity contribution in [1.29, 1.82) is 0 Å². The van der Waals surface area contributed by atoms with E-state index in [0.717, 1.165) is 5.39 Å². The Morgan fingerprint density at radius 1 is 1.47 bits per heavy atom. The highest BCUT2D eigenvalue weighted by Gasteiger charge is 2.14. The van der Waals surface area contributed by atoms with Gasteiger partial charge in [-0.2, -0.15) is 0 Å². The van der Waals surface area contributed by atoms with Gasteiger partial charge in [-0.15, -0.1) is 0 Å². The number of methoxy groups -OCH3 is 1. The van der Waals surface area contributed by atoms with Crippen LogP contribution in [0.3, 0.4) is 0 Å². The molecule has 19 heavy (non-hydrogen) atoms. The number of rotatable bonds is 4. The number of fused-ring (bicyclic) bond motifs is 1. The third-order valence-electron chi connectivity index (χ3n) is 2.85. The van der Waals surface area contributed by atoms with Crippen molar-refractivity contribution in [3.05, 3.63) is 42.2 Å². The molecule has 1 amide bonds. The van der Waals surface area contributed by atoms with Gasteiger partial charge < -0.3 is 14.5 Å². The molecule has 4 heteroatoms. The van der Waals surface area contributed by atoms with Gasteiger partial charge >= 0.3 is 0 Å². The zero-order valence-corrected chi connectivity index (χ0v) is 11.3. The van der Waals surface area contributed by atoms with E-state index < -0.39 is 0 Å². The fourth-order valence-electron chi connectivity index (χ4n) is 1.91. The molecule has 0 radical (unpaired) electrons. The summed E-state index contributed by atoms with van der Waals surface area (Å²) in [4.78, 5) is 11.5. The van der Waals surface area contributed by atoms with Crippen molar-refractivity contribution in [2.75, 3.05) is 7.11 Å². The first-order valence-electron chi connectivity index (χ1n) is 6.15. The molecule has 100 valence electrons. The van der Waals surface area contributed by atoms with Gasteiger partial charge in [0.1, 0.15) is 5.76 Å². The number of carbonyl (C=O) groups is 1. The minimum Gasteiger partial charge on any atom is -0.493 e. The Labute approximate surface area is 112 Å². The van der Waals surface area contributed by atoms with Crippen LogP contribution in [0.5, 0.6) is 5.75 Å². The molecule has 4 nitrogen and oxygen atoms in total. The number of hydrogen-bond acceptors (Lipinski definition) is 3. The van der Waals surface area contributed by atoms with Crippen molar-refractivity contribution >= 4 is 16.9 Å². The van der Waals surface area contributed by atoms with Crippen LogP contribution in [0.15, 0.2) is 40.8 Å². The highest BCUT2D eigenvalue weighted by molar-refractivity contribution is 5.88. The molecule has 1 atom stereocenters. The minimum atomic E-state index is -0.194. The molecule has 1 aromatic heterocycles. The molecule has 0 aliphatic heterocycles. The maximum atomic E-state index is 11.5. The quantitative estimate of drug-likeness (QED) is 0.858. The molecular formula is C15H17NO3. The third kappa shape index (κ3) is 2.78. The van der Waals surface area contributed by atoms with Gasteiger partial charge in [0.05, 0.1) is 13.2 Å². The molecule has 1 aromatic carbocycles. The van der Waals surface area contributed by atoms with Crippen molar-refractivity contribution in [2.45, 2.75) is 19.9 Å². The lowest BCUT2D eigenvalue weighted by Crippen LogP contribution is -2.24. The molecule has 0 aliphatic rings. The normalized spacial score (nSPS) is 12.8. The van der Waals surface area contributed by atoms with Crippen LogP contribution in [-0.2, 0) is 4.79 Å². The molecule has 0 saturated heterocycles. The van der Waals surface area contributed by atoms with Crippen molar-refractivity contribution in [3.8, 4) is 5.75 Å². The molecule has 0 bridgehead atoms. The van der Waals surface area contributed by atoms with Gasteiger partial charge in [-0.3, -0.25) is 4.79 Å². The van der Waals surface area contributed by atoms with Crippen LogP contribution in [0, 0.1) is 0 Å². The van der Waals surface area contributed by atoms with Gasteiger partial charge in [0.2, 0.25) is 5.91 Å². The van der Waals surface area contributed by atoms with E-state index in [4.69, 9.17) is 9.15 Å². The molecule has 0 spiro atoms. The minimum absolute atomic E-state index is 0.137. The molecule has 0 fully saturated rings. The van der Waals surface area contributed by atoms with E-state index in [9.17, 15) is 4.79 Å². The molecule has 1 heterocycles. The predicted molar refractivity (Wildman–Crippen MR) is 74.1 cm³/mol. The molecule has 0 saturated carbocycles. The lowest BCUT2D eigenvalue weighted by Gasteiger charge is -2.08. The highest BCUT2D eigenvalue weighted by atomic mass is 16.5. The molecule has 2 aromatic rings. The van der Waals surface area contributed by atoms with Crippen LogP contribution >= 0.6 is 0 Å². The third-order valence-corrected chi connectivity index (χ3v) is 2.85. The van der Waals surface area contributed by atoms with Crippen molar-refractivity contribution < 1.29 is 13.9 Å². The van der Waals surface area contributed by atoms with Crippen molar-refractivity contribution in [1.82, 2.24) is 5.32 Å². The molecule has 1 N–H and O–H groups in total. The average Bonchev–Trinajstić information content (AvgIpc) is 2.82. The Morgan fingerprint density at radius 3 is 2.95 bits per heavy atom. The Morgan fingerprint density at radius 2 is 2.26 bits per heavy atom. The monoisotopic (exact) mass is 259 g/mol. The van der Waals surface area contributed by atoms with E-state index in [1.165, 1.54) is 6.08 Å². The number of carbonyl (C=O) groups excluding carboxylic acids is 1. The second-order valence-electron chi connectivity index (χ2n) is 4.26. The fraction of sp³-hybridized carbons (Fsp3) is 0.267. The summed E-state index contributed by atoms with van der Waals surface area (Å²) in [7, 11) is 1.61. The fourth-order valence-corrected chi connectivity index (χ4v) is 1.91. The van der Waals surface area contributed by atoms with E-state index in [1.807, 2.05) is 31.2 Å². The molecule has 1 unspecified atom stereocenters. The number of amides is 1. The summed E-state index contributed by atoms with van der Waals surface area (Å²) in [5, 5.41) is 3.79. The first kappa shape index (κ1) is 13.2. The summed E-state index contributed by atoms with van der Waals surface area (Å²) in [6.45, 7) is 3.68. The Kier molecular flexibility index (Phi) is 3.90. The Bertz CT molecular complexity index is 613. The number of allylic oxidation sites excluding steroid dienone is 1. The summed E-state index contributed by atoms with van der Waals surface area (Å²) in [6.07, 6.45) is 3.18.